The molecular weight excluding hydrogens is 503 g/mol. The van der Waals surface area contributed by atoms with Gasteiger partial charge in [-0.05, 0) is 101 Å². The Kier molecular flexibility index (Phi) is 10.1. The molecule has 2 saturated heterocycles. The van der Waals surface area contributed by atoms with E-state index in [1.165, 1.54) is 55.5 Å². The van der Waals surface area contributed by atoms with Crippen molar-refractivity contribution < 1.29 is 14.3 Å². The Morgan fingerprint density at radius 2 is 1.65 bits per heavy atom. The first-order valence-corrected chi connectivity index (χ1v) is 14.8. The Hall–Kier alpha value is -3.03. The van der Waals surface area contributed by atoms with Crippen LogP contribution >= 0.6 is 0 Å². The summed E-state index contributed by atoms with van der Waals surface area (Å²) in [5.41, 5.74) is 4.10. The van der Waals surface area contributed by atoms with Crippen LogP contribution in [0, 0.1) is 5.82 Å². The maximum absolute atomic E-state index is 13.2. The molecule has 0 saturated carbocycles. The van der Waals surface area contributed by atoms with Gasteiger partial charge in [-0.3, -0.25) is 14.4 Å². The van der Waals surface area contributed by atoms with Crippen LogP contribution in [-0.2, 0) is 17.8 Å². The molecular formula is C33H45FN4O2. The van der Waals surface area contributed by atoms with Gasteiger partial charge in [0.15, 0.2) is 0 Å². The first-order chi connectivity index (χ1) is 19.2. The molecule has 6 nitrogen and oxygen atoms in total. The number of nitrogens with zero attached hydrogens (tertiary/aromatic N) is 4. The number of hydrogen-bond donors (Lipinski definition) is 1. The van der Waals surface area contributed by atoms with Crippen LogP contribution in [0.1, 0.15) is 81.3 Å². The van der Waals surface area contributed by atoms with E-state index >= 15 is 0 Å². The van der Waals surface area contributed by atoms with E-state index in [4.69, 9.17) is 5.10 Å². The molecule has 5 rings (SSSR count). The molecule has 40 heavy (non-hydrogen) atoms. The lowest BCUT2D eigenvalue weighted by molar-refractivity contribution is -0.148. The second-order valence-corrected chi connectivity index (χ2v) is 11.6. The van der Waals surface area contributed by atoms with Crippen molar-refractivity contribution in [3.05, 3.63) is 89.0 Å². The third kappa shape index (κ3) is 7.38. The zero-order chi connectivity index (χ0) is 28.7. The summed E-state index contributed by atoms with van der Waals surface area (Å²) >= 11 is 0. The molecule has 3 heterocycles. The van der Waals surface area contributed by atoms with E-state index in [0.717, 1.165) is 31.5 Å². The fraction of sp³-hybridized carbons (Fsp3) is 0.515. The summed E-state index contributed by atoms with van der Waals surface area (Å²) in [4.78, 5) is 15.7. The molecule has 2 fully saturated rings. The highest BCUT2D eigenvalue weighted by molar-refractivity contribution is 5.77. The summed E-state index contributed by atoms with van der Waals surface area (Å²) in [6, 6.07) is 19.6. The summed E-state index contributed by atoms with van der Waals surface area (Å²) in [7, 11) is 0. The summed E-state index contributed by atoms with van der Waals surface area (Å²) in [6.07, 6.45) is 4.35. The topological polar surface area (TPSA) is 61.6 Å². The van der Waals surface area contributed by atoms with Crippen molar-refractivity contribution in [2.75, 3.05) is 32.7 Å². The molecule has 216 valence electrons. The number of rotatable bonds is 8. The van der Waals surface area contributed by atoms with Crippen molar-refractivity contribution in [1.29, 1.82) is 0 Å². The molecule has 1 N–H and O–H groups in total. The molecule has 1 aromatic heterocycles. The van der Waals surface area contributed by atoms with Crippen LogP contribution in [0.3, 0.4) is 0 Å². The fourth-order valence-electron chi connectivity index (χ4n) is 5.94. The predicted octanol–water partition coefficient (Wildman–Crippen LogP) is 6.17. The van der Waals surface area contributed by atoms with Gasteiger partial charge in [0.1, 0.15) is 11.4 Å². The number of carbonyl (C=O) groups is 1. The maximum atomic E-state index is 13.2. The SMILES string of the molecule is CC(C)(C(=O)O)N1CCC(c2cccc(F)c2)C1.CCN1CCC(c2cc(Cc3ccccc3)nn2CC)CC1. The van der Waals surface area contributed by atoms with Gasteiger partial charge in [0.05, 0.1) is 5.69 Å². The molecule has 0 radical (unpaired) electrons. The molecule has 2 aliphatic heterocycles. The molecule has 0 amide bonds. The van der Waals surface area contributed by atoms with Gasteiger partial charge in [0.2, 0.25) is 0 Å². The standard InChI is InChI=1S/C19H27N3.C14H18FNO2/c1-3-21-12-10-17(11-13-21)19-15-18(20-22(19)4-2)14-16-8-6-5-7-9-16;1-14(2,13(17)18)16-7-6-11(9-16)10-4-3-5-12(15)8-10/h5-9,15,17H,3-4,10-14H2,1-2H3;3-5,8,11H,6-7,9H2,1-2H3,(H,17,18). The van der Waals surface area contributed by atoms with Crippen LogP contribution in [0.25, 0.3) is 0 Å². The van der Waals surface area contributed by atoms with Crippen LogP contribution in [0.5, 0.6) is 0 Å². The summed E-state index contributed by atoms with van der Waals surface area (Å²) in [5.74, 6) is -0.148. The van der Waals surface area contributed by atoms with Gasteiger partial charge in [-0.25, -0.2) is 4.39 Å². The quantitative estimate of drug-likeness (QED) is 0.365. The number of aryl methyl sites for hydroxylation is 1. The average molecular weight is 549 g/mol. The number of halogens is 1. The van der Waals surface area contributed by atoms with E-state index in [1.807, 2.05) is 11.0 Å². The van der Waals surface area contributed by atoms with Crippen molar-refractivity contribution in [3.8, 4) is 0 Å². The number of aromatic nitrogens is 2. The molecule has 7 heteroatoms. The number of carboxylic acids is 1. The van der Waals surface area contributed by atoms with E-state index in [1.54, 1.807) is 26.0 Å². The van der Waals surface area contributed by atoms with Crippen LogP contribution in [0.4, 0.5) is 4.39 Å². The van der Waals surface area contributed by atoms with Crippen molar-refractivity contribution in [2.24, 2.45) is 0 Å². The van der Waals surface area contributed by atoms with Crippen molar-refractivity contribution in [2.45, 2.75) is 77.3 Å². The summed E-state index contributed by atoms with van der Waals surface area (Å²) < 4.78 is 15.4. The lowest BCUT2D eigenvalue weighted by Crippen LogP contribution is -2.48. The second kappa shape index (κ2) is 13.6. The van der Waals surface area contributed by atoms with Crippen LogP contribution in [-0.4, -0.2) is 68.9 Å². The van der Waals surface area contributed by atoms with Crippen LogP contribution in [0.15, 0.2) is 60.7 Å². The number of benzene rings is 2. The Morgan fingerprint density at radius 1 is 0.950 bits per heavy atom. The van der Waals surface area contributed by atoms with Crippen molar-refractivity contribution in [1.82, 2.24) is 19.6 Å². The lowest BCUT2D eigenvalue weighted by Gasteiger charge is -2.31. The molecule has 1 unspecified atom stereocenters. The number of piperidine rings is 1. The minimum atomic E-state index is -0.859. The van der Waals surface area contributed by atoms with Crippen LogP contribution in [0.2, 0.25) is 0 Å². The minimum Gasteiger partial charge on any atom is -0.480 e. The van der Waals surface area contributed by atoms with Gasteiger partial charge in [-0.15, -0.1) is 0 Å². The molecule has 3 aromatic rings. The fourth-order valence-corrected chi connectivity index (χ4v) is 5.94. The Bertz CT molecular complexity index is 1230. The third-order valence-electron chi connectivity index (χ3n) is 8.66. The Labute approximate surface area is 238 Å². The first-order valence-electron chi connectivity index (χ1n) is 14.8. The molecule has 0 spiro atoms. The Balaban J connectivity index is 0.000000189. The van der Waals surface area contributed by atoms with Crippen LogP contribution < -0.4 is 0 Å². The van der Waals surface area contributed by atoms with Gasteiger partial charge < -0.3 is 10.0 Å². The number of aliphatic carboxylic acids is 1. The first kappa shape index (κ1) is 29.9. The van der Waals surface area contributed by atoms with E-state index in [9.17, 15) is 14.3 Å². The number of likely N-dealkylation sites (tertiary alicyclic amines) is 2. The monoisotopic (exact) mass is 548 g/mol. The predicted molar refractivity (Wildman–Crippen MR) is 158 cm³/mol. The molecule has 0 aliphatic carbocycles. The third-order valence-corrected chi connectivity index (χ3v) is 8.66. The van der Waals surface area contributed by atoms with E-state index in [0.29, 0.717) is 12.5 Å². The highest BCUT2D eigenvalue weighted by atomic mass is 19.1. The summed E-state index contributed by atoms with van der Waals surface area (Å²) in [6.45, 7) is 13.9. The Morgan fingerprint density at radius 3 is 2.27 bits per heavy atom. The molecule has 2 aliphatic rings. The highest BCUT2D eigenvalue weighted by Gasteiger charge is 2.39. The average Bonchev–Trinajstić information content (AvgIpc) is 3.62. The largest absolute Gasteiger partial charge is 0.480 e. The minimum absolute atomic E-state index is 0.222. The normalized spacial score (nSPS) is 18.9. The van der Waals surface area contributed by atoms with E-state index in [2.05, 4.69) is 59.8 Å². The lowest BCUT2D eigenvalue weighted by atomic mass is 9.93. The molecule has 1 atom stereocenters. The number of hydrogen-bond acceptors (Lipinski definition) is 4. The van der Waals surface area contributed by atoms with Gasteiger partial charge in [-0.2, -0.15) is 5.10 Å². The van der Waals surface area contributed by atoms with Gasteiger partial charge in [0.25, 0.3) is 0 Å². The summed E-state index contributed by atoms with van der Waals surface area (Å²) in [5, 5.41) is 14.0. The van der Waals surface area contributed by atoms with Crippen molar-refractivity contribution >= 4 is 5.97 Å². The maximum Gasteiger partial charge on any atom is 0.323 e. The smallest absolute Gasteiger partial charge is 0.323 e. The second-order valence-electron chi connectivity index (χ2n) is 11.6. The molecule has 0 bridgehead atoms. The van der Waals surface area contributed by atoms with Crippen molar-refractivity contribution in [3.63, 3.8) is 0 Å². The van der Waals surface area contributed by atoms with Gasteiger partial charge in [0, 0.05) is 31.1 Å². The highest BCUT2D eigenvalue weighted by Crippen LogP contribution is 2.32. The van der Waals surface area contributed by atoms with Gasteiger partial charge >= 0.3 is 5.97 Å². The van der Waals surface area contributed by atoms with Gasteiger partial charge in [-0.1, -0.05) is 49.4 Å². The molecule has 2 aromatic carbocycles. The zero-order valence-electron chi connectivity index (χ0n) is 24.5. The number of carboxylic acid groups (broad SMARTS) is 1. The van der Waals surface area contributed by atoms with E-state index in [-0.39, 0.29) is 11.7 Å². The zero-order valence-corrected chi connectivity index (χ0v) is 24.5. The van der Waals surface area contributed by atoms with E-state index < -0.39 is 11.5 Å².